The Balaban J connectivity index is 1.72. The Bertz CT molecular complexity index is 781. The van der Waals surface area contributed by atoms with E-state index in [2.05, 4.69) is 29.2 Å². The number of Topliss-reactive ketones (excluding diaryl/α,β-unsaturated/α-hetero) is 1. The molecule has 3 aromatic rings. The Morgan fingerprint density at radius 3 is 1.58 bits per heavy atom. The third-order valence-electron chi connectivity index (χ3n) is 4.39. The molecule has 24 heavy (non-hydrogen) atoms. The molecule has 118 valence electrons. The van der Waals surface area contributed by atoms with Gasteiger partial charge in [-0.15, -0.1) is 0 Å². The molecule has 0 amide bonds. The monoisotopic (exact) mass is 313 g/mol. The molecule has 0 atom stereocenters. The number of benzene rings is 3. The van der Waals surface area contributed by atoms with Crippen molar-refractivity contribution in [3.05, 3.63) is 90.5 Å². The molecule has 0 aliphatic heterocycles. The Morgan fingerprint density at radius 1 is 0.667 bits per heavy atom. The van der Waals surface area contributed by atoms with Crippen LogP contribution in [0.5, 0.6) is 0 Å². The summed E-state index contributed by atoms with van der Waals surface area (Å²) in [7, 11) is 0. The molecule has 0 radical (unpaired) electrons. The number of rotatable bonds is 5. The molecule has 2 heteroatoms. The number of nitrogens with zero attached hydrogens (tertiary/aromatic N) is 1. The summed E-state index contributed by atoms with van der Waals surface area (Å²) >= 11 is 0. The number of hydrogen-bond donors (Lipinski definition) is 0. The number of carbonyl (C=O) groups excluding carboxylic acids is 1. The van der Waals surface area contributed by atoms with Gasteiger partial charge < -0.3 is 4.90 Å². The van der Waals surface area contributed by atoms with Crippen molar-refractivity contribution in [2.45, 2.75) is 12.8 Å². The Morgan fingerprint density at radius 2 is 1.12 bits per heavy atom. The molecule has 1 saturated carbocycles. The minimum Gasteiger partial charge on any atom is -0.311 e. The highest BCUT2D eigenvalue weighted by atomic mass is 16.1. The smallest absolute Gasteiger partial charge is 0.165 e. The zero-order valence-corrected chi connectivity index (χ0v) is 13.4. The lowest BCUT2D eigenvalue weighted by Gasteiger charge is -2.25. The second-order valence-electron chi connectivity index (χ2n) is 6.19. The number of carbonyl (C=O) groups is 1. The summed E-state index contributed by atoms with van der Waals surface area (Å²) < 4.78 is 0. The van der Waals surface area contributed by atoms with Gasteiger partial charge in [-0.05, 0) is 61.4 Å². The van der Waals surface area contributed by atoms with Crippen LogP contribution in [-0.4, -0.2) is 5.78 Å². The zero-order valence-electron chi connectivity index (χ0n) is 13.4. The molecule has 1 fully saturated rings. The third-order valence-corrected chi connectivity index (χ3v) is 4.39. The molecular weight excluding hydrogens is 294 g/mol. The third kappa shape index (κ3) is 2.95. The molecule has 0 heterocycles. The van der Waals surface area contributed by atoms with Crippen molar-refractivity contribution in [3.63, 3.8) is 0 Å². The van der Waals surface area contributed by atoms with Crippen molar-refractivity contribution in [1.82, 2.24) is 0 Å². The SMILES string of the molecule is O=C(c1ccc(N(c2ccccc2)c2ccccc2)cc1)C1CC1. The Kier molecular flexibility index (Phi) is 3.87. The highest BCUT2D eigenvalue weighted by Crippen LogP contribution is 2.36. The van der Waals surface area contributed by atoms with E-state index in [4.69, 9.17) is 0 Å². The first-order chi connectivity index (χ1) is 11.8. The van der Waals surface area contributed by atoms with Crippen LogP contribution in [0, 0.1) is 5.92 Å². The summed E-state index contributed by atoms with van der Waals surface area (Å²) in [5.74, 6) is 0.544. The van der Waals surface area contributed by atoms with Crippen molar-refractivity contribution in [1.29, 1.82) is 0 Å². The van der Waals surface area contributed by atoms with Crippen LogP contribution in [-0.2, 0) is 0 Å². The fraction of sp³-hybridized carbons (Fsp3) is 0.136. The van der Waals surface area contributed by atoms with Crippen LogP contribution < -0.4 is 4.90 Å². The fourth-order valence-electron chi connectivity index (χ4n) is 2.96. The van der Waals surface area contributed by atoms with Crippen LogP contribution in [0.3, 0.4) is 0 Å². The van der Waals surface area contributed by atoms with Gasteiger partial charge in [-0.2, -0.15) is 0 Å². The Hall–Kier alpha value is -2.87. The molecule has 2 nitrogen and oxygen atoms in total. The normalized spacial score (nSPS) is 13.5. The van der Waals surface area contributed by atoms with E-state index in [0.29, 0.717) is 0 Å². The predicted molar refractivity (Wildman–Crippen MR) is 98.2 cm³/mol. The van der Waals surface area contributed by atoms with E-state index in [1.165, 1.54) is 0 Å². The maximum atomic E-state index is 12.2. The first-order valence-corrected chi connectivity index (χ1v) is 8.37. The molecule has 1 aliphatic rings. The van der Waals surface area contributed by atoms with E-state index in [-0.39, 0.29) is 11.7 Å². The summed E-state index contributed by atoms with van der Waals surface area (Å²) in [6.07, 6.45) is 2.08. The molecule has 0 saturated heterocycles. The summed E-state index contributed by atoms with van der Waals surface area (Å²) in [6.45, 7) is 0. The summed E-state index contributed by atoms with van der Waals surface area (Å²) in [5, 5.41) is 0. The maximum Gasteiger partial charge on any atom is 0.165 e. The quantitative estimate of drug-likeness (QED) is 0.559. The van der Waals surface area contributed by atoms with E-state index in [1.807, 2.05) is 60.7 Å². The molecule has 1 aliphatic carbocycles. The van der Waals surface area contributed by atoms with Crippen LogP contribution in [0.2, 0.25) is 0 Å². The van der Waals surface area contributed by atoms with Crippen LogP contribution in [0.4, 0.5) is 17.1 Å². The van der Waals surface area contributed by atoms with E-state index in [9.17, 15) is 4.79 Å². The predicted octanol–water partition coefficient (Wildman–Crippen LogP) is 5.75. The minimum absolute atomic E-state index is 0.259. The number of anilines is 3. The van der Waals surface area contributed by atoms with Crippen LogP contribution in [0.25, 0.3) is 0 Å². The van der Waals surface area contributed by atoms with Gasteiger partial charge in [-0.25, -0.2) is 0 Å². The maximum absolute atomic E-state index is 12.2. The van der Waals surface area contributed by atoms with E-state index in [0.717, 1.165) is 35.5 Å². The van der Waals surface area contributed by atoms with Crippen molar-refractivity contribution >= 4 is 22.8 Å². The summed E-state index contributed by atoms with van der Waals surface area (Å²) in [6, 6.07) is 28.5. The van der Waals surface area contributed by atoms with E-state index < -0.39 is 0 Å². The Labute approximate surface area is 142 Å². The average Bonchev–Trinajstić information content (AvgIpc) is 3.49. The second kappa shape index (κ2) is 6.32. The average molecular weight is 313 g/mol. The number of para-hydroxylation sites is 2. The molecule has 3 aromatic carbocycles. The molecular formula is C22H19NO. The van der Waals surface area contributed by atoms with Gasteiger partial charge in [-0.1, -0.05) is 36.4 Å². The highest BCUT2D eigenvalue weighted by Gasteiger charge is 2.30. The van der Waals surface area contributed by atoms with Gasteiger partial charge in [0, 0.05) is 28.5 Å². The lowest BCUT2D eigenvalue weighted by molar-refractivity contribution is 0.0967. The van der Waals surface area contributed by atoms with Gasteiger partial charge in [0.05, 0.1) is 0 Å². The van der Waals surface area contributed by atoms with Gasteiger partial charge in [0.2, 0.25) is 0 Å². The van der Waals surface area contributed by atoms with Crippen molar-refractivity contribution in [2.24, 2.45) is 5.92 Å². The van der Waals surface area contributed by atoms with Crippen LogP contribution in [0.1, 0.15) is 23.2 Å². The van der Waals surface area contributed by atoms with Gasteiger partial charge >= 0.3 is 0 Å². The zero-order chi connectivity index (χ0) is 16.4. The summed E-state index contributed by atoms with van der Waals surface area (Å²) in [5.41, 5.74) is 4.08. The van der Waals surface area contributed by atoms with Crippen LogP contribution in [0.15, 0.2) is 84.9 Å². The van der Waals surface area contributed by atoms with E-state index >= 15 is 0 Å². The van der Waals surface area contributed by atoms with Gasteiger partial charge in [-0.3, -0.25) is 4.79 Å². The molecule has 0 unspecified atom stereocenters. The van der Waals surface area contributed by atoms with Crippen molar-refractivity contribution in [3.8, 4) is 0 Å². The number of hydrogen-bond acceptors (Lipinski definition) is 2. The van der Waals surface area contributed by atoms with Gasteiger partial charge in [0.1, 0.15) is 0 Å². The second-order valence-corrected chi connectivity index (χ2v) is 6.19. The number of ketones is 1. The lowest BCUT2D eigenvalue weighted by Crippen LogP contribution is -2.10. The fourth-order valence-corrected chi connectivity index (χ4v) is 2.96. The molecule has 0 bridgehead atoms. The first kappa shape index (κ1) is 14.7. The molecule has 0 N–H and O–H groups in total. The highest BCUT2D eigenvalue weighted by molar-refractivity contribution is 5.99. The van der Waals surface area contributed by atoms with E-state index in [1.54, 1.807) is 0 Å². The molecule has 0 aromatic heterocycles. The summed E-state index contributed by atoms with van der Waals surface area (Å²) in [4.78, 5) is 14.4. The first-order valence-electron chi connectivity index (χ1n) is 8.37. The molecule has 4 rings (SSSR count). The lowest BCUT2D eigenvalue weighted by atomic mass is 10.1. The van der Waals surface area contributed by atoms with Crippen LogP contribution >= 0.6 is 0 Å². The van der Waals surface area contributed by atoms with Crippen molar-refractivity contribution < 1.29 is 4.79 Å². The van der Waals surface area contributed by atoms with Gasteiger partial charge in [0.15, 0.2) is 5.78 Å². The van der Waals surface area contributed by atoms with Crippen molar-refractivity contribution in [2.75, 3.05) is 4.90 Å². The topological polar surface area (TPSA) is 20.3 Å². The molecule has 0 spiro atoms. The minimum atomic E-state index is 0.259. The standard InChI is InChI=1S/C22H19NO/c24-22(17-11-12-17)18-13-15-21(16-14-18)23(19-7-3-1-4-8-19)20-9-5-2-6-10-20/h1-10,13-17H,11-12H2. The largest absolute Gasteiger partial charge is 0.311 e. The van der Waals surface area contributed by atoms with Gasteiger partial charge in [0.25, 0.3) is 0 Å².